The van der Waals surface area contributed by atoms with E-state index in [4.69, 9.17) is 5.73 Å². The van der Waals surface area contributed by atoms with Gasteiger partial charge in [0.1, 0.15) is 40.1 Å². The molecule has 0 bridgehead atoms. The first-order chi connectivity index (χ1) is 29.7. The lowest BCUT2D eigenvalue weighted by atomic mass is 9.75. The Morgan fingerprint density at radius 2 is 0.984 bits per heavy atom. The van der Waals surface area contributed by atoms with Gasteiger partial charge >= 0.3 is 5.54 Å². The highest BCUT2D eigenvalue weighted by molar-refractivity contribution is 5.91. The molecule has 8 rings (SSSR count). The first-order valence-corrected chi connectivity index (χ1v) is 21.4. The summed E-state index contributed by atoms with van der Waals surface area (Å²) < 4.78 is 51.1. The number of nitrogens with one attached hydrogen (secondary N) is 1. The summed E-state index contributed by atoms with van der Waals surface area (Å²) in [5.74, 6) is -1.03. The minimum Gasteiger partial charge on any atom is -0.315 e. The second-order valence-corrected chi connectivity index (χ2v) is 16.5. The first-order valence-electron chi connectivity index (χ1n) is 21.4. The van der Waals surface area contributed by atoms with Gasteiger partial charge in [-0.05, 0) is 136 Å². The summed E-state index contributed by atoms with van der Waals surface area (Å²) in [7, 11) is 1.80. The van der Waals surface area contributed by atoms with Gasteiger partial charge in [-0.3, -0.25) is 29.3 Å². The molecule has 4 atom stereocenters. The first kappa shape index (κ1) is 47.6. The lowest BCUT2D eigenvalue weighted by molar-refractivity contribution is -0.563. The van der Waals surface area contributed by atoms with Crippen molar-refractivity contribution in [3.63, 3.8) is 0 Å². The molecule has 0 saturated heterocycles. The quantitative estimate of drug-likeness (QED) is 0.111. The van der Waals surface area contributed by atoms with Crippen molar-refractivity contribution >= 4 is 23.1 Å². The van der Waals surface area contributed by atoms with Crippen molar-refractivity contribution in [2.45, 2.75) is 125 Å². The summed E-state index contributed by atoms with van der Waals surface area (Å²) in [5, 5.41) is 14.4. The van der Waals surface area contributed by atoms with Crippen LogP contribution in [0.5, 0.6) is 0 Å². The van der Waals surface area contributed by atoms with E-state index in [1.165, 1.54) is 48.5 Å². The summed E-state index contributed by atoms with van der Waals surface area (Å²) >= 11 is 0. The largest absolute Gasteiger partial charge is 0.315 e. The molecule has 3 N–H and O–H groups in total. The number of rotatable bonds is 6. The van der Waals surface area contributed by atoms with Crippen molar-refractivity contribution in [2.75, 3.05) is 7.05 Å². The van der Waals surface area contributed by atoms with E-state index < -0.39 is 27.4 Å². The summed E-state index contributed by atoms with van der Waals surface area (Å²) in [6.45, 7) is 0. The van der Waals surface area contributed by atoms with Crippen molar-refractivity contribution in [3.05, 3.63) is 153 Å². The maximum Gasteiger partial charge on any atom is 0.304 e. The van der Waals surface area contributed by atoms with Gasteiger partial charge in [0.25, 0.3) is 0 Å². The van der Waals surface area contributed by atoms with E-state index in [-0.39, 0.29) is 59.1 Å². The molecule has 0 spiro atoms. The van der Waals surface area contributed by atoms with Gasteiger partial charge in [-0.15, -0.1) is 0 Å². The molecule has 9 nitrogen and oxygen atoms in total. The monoisotopic (exact) mass is 857 g/mol. The molecule has 0 amide bonds. The fourth-order valence-corrected chi connectivity index (χ4v) is 8.95. The van der Waals surface area contributed by atoms with Crippen molar-refractivity contribution in [2.24, 2.45) is 5.73 Å². The molecule has 0 heterocycles. The average molecular weight is 858 g/mol. The molecule has 4 aromatic carbocycles. The van der Waals surface area contributed by atoms with E-state index in [2.05, 4.69) is 5.32 Å². The van der Waals surface area contributed by atoms with Crippen LogP contribution in [-0.4, -0.2) is 35.1 Å². The number of nitro groups is 1. The third kappa shape index (κ3) is 11.2. The molecule has 0 radical (unpaired) electrons. The summed E-state index contributed by atoms with van der Waals surface area (Å²) in [5.41, 5.74) is 5.83. The van der Waals surface area contributed by atoms with Crippen LogP contribution in [0.15, 0.2) is 97.1 Å². The molecular formula is C49H55F4N3O6. The van der Waals surface area contributed by atoms with Crippen molar-refractivity contribution in [1.29, 1.82) is 0 Å². The number of nitrogens with two attached hydrogens (primary N) is 1. The molecule has 0 aromatic heterocycles. The van der Waals surface area contributed by atoms with E-state index in [1.807, 2.05) is 0 Å². The SMILES string of the molecule is CNC1(c2ccc(F)cc2)CCCCC1=O.NC1(c2ccc(F)cc2)CCCCC1=O.O=C1CCCCC1(c1ccc(F)cc1)[N+](=O)[O-].O=C1CCCCC1c1ccc(F)cc1. The van der Waals surface area contributed by atoms with E-state index in [9.17, 15) is 46.9 Å². The Morgan fingerprint density at radius 1 is 0.548 bits per heavy atom. The smallest absolute Gasteiger partial charge is 0.304 e. The third-order valence-corrected chi connectivity index (χ3v) is 12.6. The zero-order valence-electron chi connectivity index (χ0n) is 35.1. The van der Waals surface area contributed by atoms with Crippen LogP contribution in [-0.2, 0) is 35.8 Å². The minimum atomic E-state index is -1.66. The van der Waals surface area contributed by atoms with E-state index in [1.54, 1.807) is 43.4 Å². The lowest BCUT2D eigenvalue weighted by Gasteiger charge is -2.36. The summed E-state index contributed by atoms with van der Waals surface area (Å²) in [6.07, 6.45) is 11.9. The predicted molar refractivity (Wildman–Crippen MR) is 228 cm³/mol. The normalized spacial score (nSPS) is 24.9. The number of ketones is 4. The van der Waals surface area contributed by atoms with Crippen LogP contribution in [0.4, 0.5) is 17.6 Å². The Morgan fingerprint density at radius 3 is 1.45 bits per heavy atom. The van der Waals surface area contributed by atoms with Crippen LogP contribution >= 0.6 is 0 Å². The third-order valence-electron chi connectivity index (χ3n) is 12.6. The Bertz CT molecular complexity index is 2170. The highest BCUT2D eigenvalue weighted by Gasteiger charge is 2.53. The molecule has 4 aliphatic rings. The van der Waals surface area contributed by atoms with Crippen molar-refractivity contribution in [3.8, 4) is 0 Å². The van der Waals surface area contributed by atoms with Crippen LogP contribution in [0.3, 0.4) is 0 Å². The topological polar surface area (TPSA) is 149 Å². The van der Waals surface area contributed by atoms with E-state index >= 15 is 0 Å². The summed E-state index contributed by atoms with van der Waals surface area (Å²) in [4.78, 5) is 58.1. The molecule has 13 heteroatoms. The van der Waals surface area contributed by atoms with Crippen LogP contribution in [0.1, 0.15) is 131 Å². The van der Waals surface area contributed by atoms with Crippen LogP contribution in [0.25, 0.3) is 0 Å². The molecule has 4 fully saturated rings. The molecular weight excluding hydrogens is 803 g/mol. The number of Topliss-reactive ketones (excluding diaryl/α,β-unsaturated/α-hetero) is 4. The van der Waals surface area contributed by atoms with Crippen LogP contribution < -0.4 is 11.1 Å². The Kier molecular flexibility index (Phi) is 16.6. The maximum absolute atomic E-state index is 12.9. The number of nitrogens with zero attached hydrogens (tertiary/aromatic N) is 1. The predicted octanol–water partition coefficient (Wildman–Crippen LogP) is 10.00. The van der Waals surface area contributed by atoms with Gasteiger partial charge in [-0.2, -0.15) is 0 Å². The van der Waals surface area contributed by atoms with Gasteiger partial charge in [0.2, 0.25) is 5.78 Å². The number of halogens is 4. The maximum atomic E-state index is 12.9. The second-order valence-electron chi connectivity index (χ2n) is 16.5. The Labute approximate surface area is 360 Å². The van der Waals surface area contributed by atoms with Gasteiger partial charge in [-0.25, -0.2) is 17.6 Å². The molecule has 4 aromatic rings. The molecule has 4 aliphatic carbocycles. The average Bonchev–Trinajstić information content (AvgIpc) is 3.27. The zero-order valence-corrected chi connectivity index (χ0v) is 35.1. The van der Waals surface area contributed by atoms with Gasteiger partial charge in [-0.1, -0.05) is 55.7 Å². The van der Waals surface area contributed by atoms with Gasteiger partial charge in [0.15, 0.2) is 11.6 Å². The number of carbonyl (C=O) groups excluding carboxylic acids is 4. The Hall–Kier alpha value is -5.40. The Balaban J connectivity index is 0.000000156. The fraction of sp³-hybridized carbons (Fsp3) is 0.429. The van der Waals surface area contributed by atoms with Crippen molar-refractivity contribution < 1.29 is 41.7 Å². The molecule has 62 heavy (non-hydrogen) atoms. The highest BCUT2D eigenvalue weighted by atomic mass is 19.1. The second kappa shape index (κ2) is 21.6. The minimum absolute atomic E-state index is 0.0179. The van der Waals surface area contributed by atoms with E-state index in [0.717, 1.165) is 80.2 Å². The standard InChI is InChI=1S/C13H16FNO.C12H12FNO3.C12H14FNO.C12H13FO/c1-15-13(9-3-2-4-12(13)16)10-5-7-11(14)8-6-10;13-10-6-4-9(5-7-10)12(14(16)17)8-2-1-3-11(12)15;13-10-6-4-9(5-7-10)12(14)8-2-1-3-11(12)15;13-10-7-5-9(6-8-10)11-3-1-2-4-12(11)14/h5-8,15H,2-4,9H2,1H3;4-7H,1-3,8H2;4-7H,1-3,8,14H2;5-8,11H,1-4H2. The number of carbonyl (C=O) groups is 4. The number of likely N-dealkylation sites (N-methyl/N-ethyl adjacent to an activating group) is 1. The van der Waals surface area contributed by atoms with Crippen LogP contribution in [0.2, 0.25) is 0 Å². The highest BCUT2D eigenvalue weighted by Crippen LogP contribution is 2.38. The van der Waals surface area contributed by atoms with Gasteiger partial charge in [0, 0.05) is 48.5 Å². The number of hydrogen-bond acceptors (Lipinski definition) is 8. The zero-order chi connectivity index (χ0) is 44.9. The van der Waals surface area contributed by atoms with Crippen LogP contribution in [0, 0.1) is 33.4 Å². The van der Waals surface area contributed by atoms with Crippen molar-refractivity contribution in [1.82, 2.24) is 5.32 Å². The van der Waals surface area contributed by atoms with E-state index in [0.29, 0.717) is 44.3 Å². The molecule has 330 valence electrons. The molecule has 4 unspecified atom stereocenters. The number of hydrogen-bond donors (Lipinski definition) is 2. The molecule has 4 saturated carbocycles. The van der Waals surface area contributed by atoms with Gasteiger partial charge in [0.05, 0.1) is 0 Å². The van der Waals surface area contributed by atoms with Gasteiger partial charge < -0.3 is 11.1 Å². The lowest BCUT2D eigenvalue weighted by Crippen LogP contribution is -2.49. The number of benzene rings is 4. The summed E-state index contributed by atoms with van der Waals surface area (Å²) in [6, 6.07) is 23.4. The fourth-order valence-electron chi connectivity index (χ4n) is 8.95. The molecule has 0 aliphatic heterocycles.